The Morgan fingerprint density at radius 2 is 2.18 bits per heavy atom. The van der Waals surface area contributed by atoms with Crippen LogP contribution in [0.15, 0.2) is 5.38 Å². The number of rotatable bonds is 3. The molecule has 2 atom stereocenters. The van der Waals surface area contributed by atoms with E-state index in [0.29, 0.717) is 18.7 Å². The van der Waals surface area contributed by atoms with Crippen molar-refractivity contribution in [2.24, 2.45) is 5.73 Å². The summed E-state index contributed by atoms with van der Waals surface area (Å²) in [6.07, 6.45) is -1.06. The lowest BCUT2D eigenvalue weighted by Gasteiger charge is -2.13. The van der Waals surface area contributed by atoms with E-state index in [2.05, 4.69) is 4.98 Å². The first kappa shape index (κ1) is 12.4. The van der Waals surface area contributed by atoms with Crippen molar-refractivity contribution in [1.29, 1.82) is 0 Å². The summed E-state index contributed by atoms with van der Waals surface area (Å²) in [5.41, 5.74) is 5.77. The van der Waals surface area contributed by atoms with Crippen LogP contribution >= 0.6 is 11.3 Å². The molecule has 1 aromatic rings. The minimum Gasteiger partial charge on any atom is -0.388 e. The quantitative estimate of drug-likeness (QED) is 0.633. The van der Waals surface area contributed by atoms with Crippen molar-refractivity contribution in [3.63, 3.8) is 0 Å². The van der Waals surface area contributed by atoms with E-state index >= 15 is 0 Å². The Morgan fingerprint density at radius 3 is 2.76 bits per heavy atom. The van der Waals surface area contributed by atoms with Gasteiger partial charge in [0, 0.05) is 24.9 Å². The topological polar surface area (TPSA) is 99.7 Å². The highest BCUT2D eigenvalue weighted by Crippen LogP contribution is 2.16. The van der Waals surface area contributed by atoms with Crippen molar-refractivity contribution in [3.05, 3.63) is 16.1 Å². The molecule has 1 saturated heterocycles. The summed E-state index contributed by atoms with van der Waals surface area (Å²) in [7, 11) is 0. The molecule has 4 N–H and O–H groups in total. The highest BCUT2D eigenvalue weighted by atomic mass is 32.1. The fourth-order valence-corrected chi connectivity index (χ4v) is 2.53. The van der Waals surface area contributed by atoms with Gasteiger partial charge in [0.1, 0.15) is 5.69 Å². The van der Waals surface area contributed by atoms with E-state index in [1.165, 1.54) is 16.2 Å². The maximum atomic E-state index is 12.0. The fraction of sp³-hybridized carbons (Fsp3) is 0.600. The van der Waals surface area contributed by atoms with Gasteiger partial charge < -0.3 is 20.8 Å². The number of carbonyl (C=O) groups is 1. The summed E-state index contributed by atoms with van der Waals surface area (Å²) in [4.78, 5) is 17.6. The van der Waals surface area contributed by atoms with Crippen LogP contribution in [0, 0.1) is 0 Å². The van der Waals surface area contributed by atoms with Crippen molar-refractivity contribution in [2.45, 2.75) is 18.6 Å². The lowest BCUT2D eigenvalue weighted by atomic mass is 10.3. The maximum absolute atomic E-state index is 12.0. The number of aliphatic hydroxyl groups is 2. The molecule has 2 heterocycles. The number of hydrogen-bond donors (Lipinski definition) is 3. The van der Waals surface area contributed by atoms with Crippen LogP contribution in [0.5, 0.6) is 0 Å². The molecule has 0 saturated carbocycles. The van der Waals surface area contributed by atoms with Crippen LogP contribution < -0.4 is 5.73 Å². The number of aliphatic hydroxyl groups excluding tert-OH is 2. The Kier molecular flexibility index (Phi) is 3.72. The highest BCUT2D eigenvalue weighted by Gasteiger charge is 2.33. The molecule has 0 bridgehead atoms. The third-order valence-corrected chi connectivity index (χ3v) is 3.58. The van der Waals surface area contributed by atoms with Gasteiger partial charge in [-0.2, -0.15) is 0 Å². The molecule has 0 aliphatic carbocycles. The van der Waals surface area contributed by atoms with Crippen LogP contribution in [0.4, 0.5) is 0 Å². The SMILES string of the molecule is NCCc1nc(C(=O)N2CC(O)C(O)C2)cs1. The first-order chi connectivity index (χ1) is 8.11. The Bertz CT molecular complexity index is 399. The molecule has 1 aromatic heterocycles. The summed E-state index contributed by atoms with van der Waals surface area (Å²) in [6, 6.07) is 0. The van der Waals surface area contributed by atoms with Crippen LogP contribution in [-0.2, 0) is 6.42 Å². The highest BCUT2D eigenvalue weighted by molar-refractivity contribution is 7.09. The van der Waals surface area contributed by atoms with Gasteiger partial charge >= 0.3 is 0 Å². The van der Waals surface area contributed by atoms with Gasteiger partial charge in [-0.05, 0) is 6.54 Å². The monoisotopic (exact) mass is 257 g/mol. The molecule has 1 aliphatic heterocycles. The van der Waals surface area contributed by atoms with E-state index in [4.69, 9.17) is 5.73 Å². The number of β-amino-alcohol motifs (C(OH)–C–C–N with tert-alkyl or cyclic N) is 2. The summed E-state index contributed by atoms with van der Waals surface area (Å²) in [5, 5.41) is 21.3. The molecule has 0 radical (unpaired) electrons. The second-order valence-corrected chi connectivity index (χ2v) is 4.95. The third-order valence-electron chi connectivity index (χ3n) is 2.68. The largest absolute Gasteiger partial charge is 0.388 e. The van der Waals surface area contributed by atoms with Crippen molar-refractivity contribution in [3.8, 4) is 0 Å². The molecule has 1 fully saturated rings. The van der Waals surface area contributed by atoms with Crippen LogP contribution in [0.3, 0.4) is 0 Å². The number of likely N-dealkylation sites (tertiary alicyclic amines) is 1. The molecule has 0 aromatic carbocycles. The minimum absolute atomic E-state index is 0.156. The Hall–Kier alpha value is -1.02. The van der Waals surface area contributed by atoms with Crippen LogP contribution in [-0.4, -0.2) is 57.8 Å². The molecular formula is C10H15N3O3S. The summed E-state index contributed by atoms with van der Waals surface area (Å²) in [5.74, 6) is -0.250. The van der Waals surface area contributed by atoms with Crippen molar-refractivity contribution in [1.82, 2.24) is 9.88 Å². The van der Waals surface area contributed by atoms with E-state index in [-0.39, 0.29) is 19.0 Å². The third kappa shape index (κ3) is 2.63. The molecule has 0 spiro atoms. The molecule has 6 nitrogen and oxygen atoms in total. The Labute approximate surface area is 103 Å². The predicted molar refractivity (Wildman–Crippen MR) is 62.8 cm³/mol. The molecule has 7 heteroatoms. The first-order valence-corrected chi connectivity index (χ1v) is 6.29. The van der Waals surface area contributed by atoms with Gasteiger partial charge in [-0.25, -0.2) is 4.98 Å². The zero-order valence-electron chi connectivity index (χ0n) is 9.24. The number of nitrogens with two attached hydrogens (primary N) is 1. The Balaban J connectivity index is 2.04. The van der Waals surface area contributed by atoms with E-state index in [1.807, 2.05) is 0 Å². The standard InChI is InChI=1S/C10H15N3O3S/c11-2-1-9-12-6(5-17-9)10(16)13-3-7(14)8(15)4-13/h5,7-8,14-15H,1-4,11H2. The number of aromatic nitrogens is 1. The zero-order valence-corrected chi connectivity index (χ0v) is 10.1. The van der Waals surface area contributed by atoms with Gasteiger partial charge in [-0.1, -0.05) is 0 Å². The number of thiazole rings is 1. The van der Waals surface area contributed by atoms with Crippen LogP contribution in [0.2, 0.25) is 0 Å². The lowest BCUT2D eigenvalue weighted by Crippen LogP contribution is -2.30. The molecular weight excluding hydrogens is 242 g/mol. The number of nitrogens with zero attached hydrogens (tertiary/aromatic N) is 2. The van der Waals surface area contributed by atoms with E-state index in [1.54, 1.807) is 5.38 Å². The van der Waals surface area contributed by atoms with Gasteiger partial charge in [0.2, 0.25) is 0 Å². The number of hydrogen-bond acceptors (Lipinski definition) is 6. The molecule has 17 heavy (non-hydrogen) atoms. The van der Waals surface area contributed by atoms with Crippen molar-refractivity contribution >= 4 is 17.2 Å². The smallest absolute Gasteiger partial charge is 0.273 e. The zero-order chi connectivity index (χ0) is 12.4. The van der Waals surface area contributed by atoms with Gasteiger partial charge in [-0.15, -0.1) is 11.3 Å². The van der Waals surface area contributed by atoms with E-state index in [9.17, 15) is 15.0 Å². The molecule has 2 rings (SSSR count). The van der Waals surface area contributed by atoms with Crippen LogP contribution in [0.25, 0.3) is 0 Å². The van der Waals surface area contributed by atoms with Crippen LogP contribution in [0.1, 0.15) is 15.5 Å². The van der Waals surface area contributed by atoms with Gasteiger partial charge in [-0.3, -0.25) is 4.79 Å². The maximum Gasteiger partial charge on any atom is 0.273 e. The molecule has 1 amide bonds. The normalized spacial score (nSPS) is 24.3. The second-order valence-electron chi connectivity index (χ2n) is 4.01. The Morgan fingerprint density at radius 1 is 1.53 bits per heavy atom. The summed E-state index contributed by atoms with van der Waals surface area (Å²) in [6.45, 7) is 0.815. The average Bonchev–Trinajstić information content (AvgIpc) is 2.87. The van der Waals surface area contributed by atoms with Gasteiger partial charge in [0.05, 0.1) is 17.2 Å². The summed E-state index contributed by atoms with van der Waals surface area (Å²) >= 11 is 1.40. The van der Waals surface area contributed by atoms with Gasteiger partial charge in [0.25, 0.3) is 5.91 Å². The summed E-state index contributed by atoms with van der Waals surface area (Å²) < 4.78 is 0. The minimum atomic E-state index is -0.860. The molecule has 1 aliphatic rings. The lowest BCUT2D eigenvalue weighted by molar-refractivity contribution is 0.0572. The average molecular weight is 257 g/mol. The predicted octanol–water partition coefficient (Wildman–Crippen LogP) is -1.18. The fourth-order valence-electron chi connectivity index (χ4n) is 1.74. The first-order valence-electron chi connectivity index (χ1n) is 5.41. The van der Waals surface area contributed by atoms with Crippen molar-refractivity contribution < 1.29 is 15.0 Å². The number of carbonyl (C=O) groups excluding carboxylic acids is 1. The molecule has 2 unspecified atom stereocenters. The van der Waals surface area contributed by atoms with Gasteiger partial charge in [0.15, 0.2) is 0 Å². The number of amides is 1. The van der Waals surface area contributed by atoms with E-state index in [0.717, 1.165) is 5.01 Å². The van der Waals surface area contributed by atoms with E-state index < -0.39 is 12.2 Å². The van der Waals surface area contributed by atoms with Crippen molar-refractivity contribution in [2.75, 3.05) is 19.6 Å². The molecule has 94 valence electrons. The second kappa shape index (κ2) is 5.09.